The van der Waals surface area contributed by atoms with E-state index in [4.69, 9.17) is 0 Å². The van der Waals surface area contributed by atoms with Gasteiger partial charge in [-0.1, -0.05) is 50.3 Å². The number of benzene rings is 1. The Morgan fingerprint density at radius 2 is 1.80 bits per heavy atom. The van der Waals surface area contributed by atoms with Crippen molar-refractivity contribution in [3.05, 3.63) is 67.3 Å². The van der Waals surface area contributed by atoms with E-state index in [0.29, 0.717) is 10.7 Å². The Kier molecular flexibility index (Phi) is 4.03. The minimum absolute atomic E-state index is 0.200. The summed E-state index contributed by atoms with van der Waals surface area (Å²) in [5, 5.41) is 0.694. The van der Waals surface area contributed by atoms with Crippen LogP contribution in [0.2, 0.25) is 0 Å². The van der Waals surface area contributed by atoms with E-state index in [1.54, 1.807) is 19.2 Å². The Hall–Kier alpha value is -2.36. The lowest BCUT2D eigenvalue weighted by Gasteiger charge is -2.01. The van der Waals surface area contributed by atoms with Gasteiger partial charge in [-0.05, 0) is 17.6 Å². The zero-order valence-corrected chi connectivity index (χ0v) is 11.9. The van der Waals surface area contributed by atoms with E-state index in [0.717, 1.165) is 5.56 Å². The average Bonchev–Trinajstić information content (AvgIpc) is 2.42. The fourth-order valence-electron chi connectivity index (χ4n) is 2.00. The van der Waals surface area contributed by atoms with Crippen LogP contribution in [0, 0.1) is 5.92 Å². The van der Waals surface area contributed by atoms with Gasteiger partial charge in [0.15, 0.2) is 0 Å². The molecule has 0 radical (unpaired) electrons. The highest BCUT2D eigenvalue weighted by Gasteiger charge is 2.01. The molecule has 20 heavy (non-hydrogen) atoms. The Bertz CT molecular complexity index is 828. The smallest absolute Gasteiger partial charge is 0.274 e. The van der Waals surface area contributed by atoms with Crippen LogP contribution in [0.4, 0.5) is 0 Å². The molecule has 2 rings (SSSR count). The molecular formula is C16H18N2O2. The Morgan fingerprint density at radius 1 is 1.15 bits per heavy atom. The van der Waals surface area contributed by atoms with E-state index in [9.17, 15) is 9.59 Å². The second-order valence-electron chi connectivity index (χ2n) is 5.08. The van der Waals surface area contributed by atoms with Gasteiger partial charge in [-0.15, -0.1) is 0 Å². The monoisotopic (exact) mass is 270 g/mol. The molecule has 0 aliphatic carbocycles. The molecule has 2 aromatic rings. The summed E-state index contributed by atoms with van der Waals surface area (Å²) >= 11 is 0. The maximum Gasteiger partial charge on any atom is 0.274 e. The van der Waals surface area contributed by atoms with Crippen LogP contribution >= 0.6 is 0 Å². The molecule has 0 saturated heterocycles. The van der Waals surface area contributed by atoms with Crippen LogP contribution in [0.15, 0.2) is 39.9 Å². The summed E-state index contributed by atoms with van der Waals surface area (Å²) in [7, 11) is 1.62. The van der Waals surface area contributed by atoms with Gasteiger partial charge in [0.2, 0.25) is 0 Å². The zero-order chi connectivity index (χ0) is 14.7. The molecule has 1 aromatic heterocycles. The number of nitrogens with one attached hydrogen (secondary N) is 1. The van der Waals surface area contributed by atoms with Crippen molar-refractivity contribution in [1.29, 1.82) is 0 Å². The van der Waals surface area contributed by atoms with Crippen LogP contribution in [0.5, 0.6) is 0 Å². The van der Waals surface area contributed by atoms with Gasteiger partial charge in [-0.25, -0.2) is 0 Å². The first-order chi connectivity index (χ1) is 9.49. The molecule has 4 nitrogen and oxygen atoms in total. The molecule has 0 spiro atoms. The predicted octanol–water partition coefficient (Wildman–Crippen LogP) is 0.339. The number of H-pyrrole nitrogens is 1. The number of nitrogens with zero attached hydrogens (tertiary/aromatic N) is 1. The molecule has 1 heterocycles. The van der Waals surface area contributed by atoms with Crippen molar-refractivity contribution >= 4 is 12.2 Å². The summed E-state index contributed by atoms with van der Waals surface area (Å²) in [4.78, 5) is 27.0. The van der Waals surface area contributed by atoms with Gasteiger partial charge < -0.3 is 9.55 Å². The fourth-order valence-corrected chi connectivity index (χ4v) is 2.00. The molecule has 1 N–H and O–H groups in total. The lowest BCUT2D eigenvalue weighted by atomic mass is 10.2. The van der Waals surface area contributed by atoms with Gasteiger partial charge in [0.05, 0.1) is 0 Å². The lowest BCUT2D eigenvalue weighted by molar-refractivity contribution is 0.760. The zero-order valence-electron chi connectivity index (χ0n) is 11.9. The second kappa shape index (κ2) is 5.74. The molecule has 4 heteroatoms. The second-order valence-corrected chi connectivity index (χ2v) is 5.08. The Labute approximate surface area is 116 Å². The van der Waals surface area contributed by atoms with Crippen LogP contribution < -0.4 is 21.8 Å². The minimum Gasteiger partial charge on any atom is -0.316 e. The van der Waals surface area contributed by atoms with Crippen LogP contribution in [-0.2, 0) is 7.05 Å². The first kappa shape index (κ1) is 14.1. The van der Waals surface area contributed by atoms with E-state index in [1.807, 2.05) is 44.2 Å². The van der Waals surface area contributed by atoms with Crippen molar-refractivity contribution < 1.29 is 0 Å². The molecule has 0 fully saturated rings. The van der Waals surface area contributed by atoms with Crippen LogP contribution in [0.1, 0.15) is 19.4 Å². The van der Waals surface area contributed by atoms with Crippen LogP contribution in [0.3, 0.4) is 0 Å². The van der Waals surface area contributed by atoms with Gasteiger partial charge in [-0.3, -0.25) is 9.59 Å². The van der Waals surface area contributed by atoms with Gasteiger partial charge >= 0.3 is 0 Å². The van der Waals surface area contributed by atoms with Crippen molar-refractivity contribution in [1.82, 2.24) is 9.55 Å². The molecule has 0 aliphatic heterocycles. The summed E-state index contributed by atoms with van der Waals surface area (Å²) < 4.78 is 1.40. The summed E-state index contributed by atoms with van der Waals surface area (Å²) in [6.45, 7) is 3.93. The van der Waals surface area contributed by atoms with E-state index >= 15 is 0 Å². The third-order valence-electron chi connectivity index (χ3n) is 2.98. The minimum atomic E-state index is -0.247. The van der Waals surface area contributed by atoms with Crippen LogP contribution in [0.25, 0.3) is 12.2 Å². The van der Waals surface area contributed by atoms with Crippen molar-refractivity contribution in [2.75, 3.05) is 0 Å². The molecule has 104 valence electrons. The topological polar surface area (TPSA) is 54.9 Å². The largest absolute Gasteiger partial charge is 0.316 e. The summed E-state index contributed by atoms with van der Waals surface area (Å²) in [5.74, 6) is 0.200. The maximum absolute atomic E-state index is 12.3. The molecule has 0 saturated carbocycles. The first-order valence-corrected chi connectivity index (χ1v) is 6.57. The first-order valence-electron chi connectivity index (χ1n) is 6.57. The Balaban J connectivity index is 2.75. The quantitative estimate of drug-likeness (QED) is 0.855. The highest BCUT2D eigenvalue weighted by Crippen LogP contribution is 1.97. The Morgan fingerprint density at radius 3 is 2.40 bits per heavy atom. The number of hydrogen-bond acceptors (Lipinski definition) is 2. The number of rotatable bonds is 2. The third-order valence-corrected chi connectivity index (χ3v) is 2.98. The van der Waals surface area contributed by atoms with Gasteiger partial charge in [0.1, 0.15) is 10.7 Å². The molecular weight excluding hydrogens is 252 g/mol. The third kappa shape index (κ3) is 2.96. The van der Waals surface area contributed by atoms with E-state index in [-0.39, 0.29) is 17.0 Å². The highest BCUT2D eigenvalue weighted by atomic mass is 16.1. The number of aromatic nitrogens is 2. The summed E-state index contributed by atoms with van der Waals surface area (Å²) in [6, 6.07) is 9.43. The van der Waals surface area contributed by atoms with Crippen molar-refractivity contribution in [3.63, 3.8) is 0 Å². The lowest BCUT2D eigenvalue weighted by Crippen LogP contribution is -2.52. The van der Waals surface area contributed by atoms with Crippen molar-refractivity contribution in [2.24, 2.45) is 13.0 Å². The summed E-state index contributed by atoms with van der Waals surface area (Å²) in [5.41, 5.74) is 0.421. The van der Waals surface area contributed by atoms with Gasteiger partial charge in [0.25, 0.3) is 11.1 Å². The van der Waals surface area contributed by atoms with E-state index < -0.39 is 0 Å². The van der Waals surface area contributed by atoms with Crippen molar-refractivity contribution in [2.45, 2.75) is 13.8 Å². The van der Waals surface area contributed by atoms with E-state index in [1.165, 1.54) is 4.57 Å². The molecule has 0 unspecified atom stereocenters. The normalized spacial score (nSPS) is 13.2. The summed E-state index contributed by atoms with van der Waals surface area (Å²) in [6.07, 6.45) is 3.47. The molecule has 0 bridgehead atoms. The van der Waals surface area contributed by atoms with Crippen LogP contribution in [-0.4, -0.2) is 9.55 Å². The van der Waals surface area contributed by atoms with Gasteiger partial charge in [0, 0.05) is 7.05 Å². The molecule has 0 amide bonds. The fraction of sp³-hybridized carbons (Fsp3) is 0.250. The van der Waals surface area contributed by atoms with E-state index in [2.05, 4.69) is 4.98 Å². The molecule has 1 aromatic carbocycles. The maximum atomic E-state index is 12.3. The SMILES string of the molecule is CC(C)C=c1c(=O)[nH]c(=Cc2ccccc2)c(=O)n1C. The standard InChI is InChI=1S/C16H18N2O2/c1-11(2)9-14-15(19)17-13(16(20)18(14)3)10-12-7-5-4-6-8-12/h4-11H,1-3H3,(H,17,19). The van der Waals surface area contributed by atoms with Crippen molar-refractivity contribution in [3.8, 4) is 0 Å². The molecule has 0 aliphatic rings. The average molecular weight is 270 g/mol. The molecule has 0 atom stereocenters. The highest BCUT2D eigenvalue weighted by molar-refractivity contribution is 5.47. The number of hydrogen-bond donors (Lipinski definition) is 1. The predicted molar refractivity (Wildman–Crippen MR) is 80.9 cm³/mol. The number of aromatic amines is 1. The van der Waals surface area contributed by atoms with Gasteiger partial charge in [-0.2, -0.15) is 0 Å².